The first-order valence-electron chi connectivity index (χ1n) is 10.3. The Bertz CT molecular complexity index is 980. The van der Waals surface area contributed by atoms with Crippen LogP contribution in [0.2, 0.25) is 0 Å². The van der Waals surface area contributed by atoms with Gasteiger partial charge in [0.25, 0.3) is 0 Å². The van der Waals surface area contributed by atoms with Gasteiger partial charge in [-0.1, -0.05) is 29.8 Å². The van der Waals surface area contributed by atoms with Gasteiger partial charge in [-0.25, -0.2) is 4.79 Å². The molecule has 6 nitrogen and oxygen atoms in total. The number of carboxylic acid groups (broad SMARTS) is 1. The van der Waals surface area contributed by atoms with Crippen LogP contribution in [-0.4, -0.2) is 29.6 Å². The SMILES string of the molecule is CCOC(=O)c1c(-c2ccc(C)cc2)csc1NC(=O)[C@H]1[C@@H]2CC[C@@H](C2)[C@@H]1C(=O)O. The van der Waals surface area contributed by atoms with E-state index in [2.05, 4.69) is 5.32 Å². The summed E-state index contributed by atoms with van der Waals surface area (Å²) in [7, 11) is 0. The molecule has 2 bridgehead atoms. The van der Waals surface area contributed by atoms with E-state index in [1.807, 2.05) is 36.6 Å². The Morgan fingerprint density at radius 3 is 2.43 bits per heavy atom. The van der Waals surface area contributed by atoms with Crippen LogP contribution in [0.4, 0.5) is 5.00 Å². The fourth-order valence-corrected chi connectivity index (χ4v) is 5.98. The van der Waals surface area contributed by atoms with Crippen LogP contribution >= 0.6 is 11.3 Å². The van der Waals surface area contributed by atoms with Crippen molar-refractivity contribution in [3.8, 4) is 11.1 Å². The van der Waals surface area contributed by atoms with Crippen molar-refractivity contribution in [3.63, 3.8) is 0 Å². The monoisotopic (exact) mass is 427 g/mol. The van der Waals surface area contributed by atoms with Crippen molar-refractivity contribution in [3.05, 3.63) is 40.8 Å². The zero-order valence-electron chi connectivity index (χ0n) is 17.0. The predicted octanol–water partition coefficient (Wildman–Crippen LogP) is 4.59. The number of amides is 1. The van der Waals surface area contributed by atoms with Crippen LogP contribution in [0.25, 0.3) is 11.1 Å². The number of hydrogen-bond donors (Lipinski definition) is 2. The summed E-state index contributed by atoms with van der Waals surface area (Å²) in [6.45, 7) is 3.95. The number of carboxylic acids is 1. The van der Waals surface area contributed by atoms with Crippen molar-refractivity contribution >= 4 is 34.2 Å². The van der Waals surface area contributed by atoms with Crippen molar-refractivity contribution in [2.24, 2.45) is 23.7 Å². The number of aliphatic carboxylic acids is 1. The first kappa shape index (κ1) is 20.6. The van der Waals surface area contributed by atoms with E-state index in [0.29, 0.717) is 16.1 Å². The third kappa shape index (κ3) is 3.62. The maximum Gasteiger partial charge on any atom is 0.341 e. The van der Waals surface area contributed by atoms with E-state index in [1.54, 1.807) is 6.92 Å². The molecule has 4 atom stereocenters. The summed E-state index contributed by atoms with van der Waals surface area (Å²) < 4.78 is 5.25. The van der Waals surface area contributed by atoms with E-state index in [1.165, 1.54) is 11.3 Å². The second-order valence-electron chi connectivity index (χ2n) is 8.15. The van der Waals surface area contributed by atoms with Crippen LogP contribution < -0.4 is 5.32 Å². The number of aryl methyl sites for hydroxylation is 1. The fraction of sp³-hybridized carbons (Fsp3) is 0.435. The van der Waals surface area contributed by atoms with Gasteiger partial charge in [0.15, 0.2) is 0 Å². The summed E-state index contributed by atoms with van der Waals surface area (Å²) >= 11 is 1.27. The molecule has 2 N–H and O–H groups in total. The van der Waals surface area contributed by atoms with E-state index in [4.69, 9.17) is 4.74 Å². The van der Waals surface area contributed by atoms with Crippen LogP contribution in [0.3, 0.4) is 0 Å². The third-order valence-electron chi connectivity index (χ3n) is 6.37. The normalized spacial score (nSPS) is 24.6. The van der Waals surface area contributed by atoms with Gasteiger partial charge in [0.05, 0.1) is 18.4 Å². The van der Waals surface area contributed by atoms with Crippen molar-refractivity contribution in [2.45, 2.75) is 33.1 Å². The lowest BCUT2D eigenvalue weighted by atomic mass is 9.78. The van der Waals surface area contributed by atoms with Gasteiger partial charge in [-0.2, -0.15) is 0 Å². The second-order valence-corrected chi connectivity index (χ2v) is 9.03. The van der Waals surface area contributed by atoms with Gasteiger partial charge in [0.1, 0.15) is 10.6 Å². The average Bonchev–Trinajstić information content (AvgIpc) is 3.42. The highest BCUT2D eigenvalue weighted by atomic mass is 32.1. The lowest BCUT2D eigenvalue weighted by Gasteiger charge is -2.27. The molecule has 2 aromatic rings. The first-order valence-corrected chi connectivity index (χ1v) is 11.2. The molecule has 1 heterocycles. The Morgan fingerprint density at radius 2 is 1.80 bits per heavy atom. The second kappa shape index (κ2) is 8.22. The van der Waals surface area contributed by atoms with Crippen molar-refractivity contribution in [1.82, 2.24) is 0 Å². The number of ether oxygens (including phenoxy) is 1. The highest BCUT2D eigenvalue weighted by Crippen LogP contribution is 2.53. The van der Waals surface area contributed by atoms with Crippen LogP contribution in [0.5, 0.6) is 0 Å². The van der Waals surface area contributed by atoms with Gasteiger partial charge in [-0.05, 0) is 50.5 Å². The number of thiophene rings is 1. The smallest absolute Gasteiger partial charge is 0.341 e. The summed E-state index contributed by atoms with van der Waals surface area (Å²) in [6, 6.07) is 7.80. The molecule has 2 fully saturated rings. The number of esters is 1. The summed E-state index contributed by atoms with van der Waals surface area (Å²) in [4.78, 5) is 37.6. The largest absolute Gasteiger partial charge is 0.481 e. The molecule has 0 saturated heterocycles. The molecule has 158 valence electrons. The summed E-state index contributed by atoms with van der Waals surface area (Å²) in [5, 5.41) is 14.8. The molecule has 2 aliphatic carbocycles. The van der Waals surface area contributed by atoms with E-state index in [9.17, 15) is 19.5 Å². The molecule has 1 amide bonds. The minimum Gasteiger partial charge on any atom is -0.481 e. The van der Waals surface area contributed by atoms with Crippen molar-refractivity contribution in [2.75, 3.05) is 11.9 Å². The lowest BCUT2D eigenvalue weighted by Crippen LogP contribution is -2.37. The van der Waals surface area contributed by atoms with E-state index in [0.717, 1.165) is 30.4 Å². The van der Waals surface area contributed by atoms with E-state index >= 15 is 0 Å². The molecular weight excluding hydrogens is 402 g/mol. The van der Waals surface area contributed by atoms with E-state index in [-0.39, 0.29) is 24.3 Å². The summed E-state index contributed by atoms with van der Waals surface area (Å²) in [5.74, 6) is -2.74. The number of hydrogen-bond acceptors (Lipinski definition) is 5. The van der Waals surface area contributed by atoms with Gasteiger partial charge in [0, 0.05) is 10.9 Å². The number of anilines is 1. The predicted molar refractivity (Wildman–Crippen MR) is 115 cm³/mol. The number of fused-ring (bicyclic) bond motifs is 2. The number of carbonyl (C=O) groups excluding carboxylic acids is 2. The van der Waals surface area contributed by atoms with E-state index < -0.39 is 23.8 Å². The van der Waals surface area contributed by atoms with Crippen LogP contribution in [0, 0.1) is 30.6 Å². The molecule has 0 spiro atoms. The first-order chi connectivity index (χ1) is 14.4. The zero-order valence-corrected chi connectivity index (χ0v) is 17.8. The molecule has 1 aromatic heterocycles. The summed E-state index contributed by atoms with van der Waals surface area (Å²) in [6.07, 6.45) is 2.55. The zero-order chi connectivity index (χ0) is 21.4. The number of nitrogens with one attached hydrogen (secondary N) is 1. The number of carbonyl (C=O) groups is 3. The molecule has 4 rings (SSSR count). The number of rotatable bonds is 6. The van der Waals surface area contributed by atoms with Gasteiger partial charge in [-0.15, -0.1) is 11.3 Å². The minimum atomic E-state index is -0.903. The fourth-order valence-electron chi connectivity index (χ4n) is 5.02. The van der Waals surface area contributed by atoms with Crippen LogP contribution in [0.1, 0.15) is 42.1 Å². The molecule has 7 heteroatoms. The van der Waals surface area contributed by atoms with Crippen LogP contribution in [0.15, 0.2) is 29.6 Å². The Kier molecular flexibility index (Phi) is 5.64. The topological polar surface area (TPSA) is 92.7 Å². The molecule has 2 aliphatic rings. The lowest BCUT2D eigenvalue weighted by molar-refractivity contribution is -0.148. The Morgan fingerprint density at radius 1 is 1.13 bits per heavy atom. The average molecular weight is 428 g/mol. The quantitative estimate of drug-likeness (QED) is 0.658. The van der Waals surface area contributed by atoms with Gasteiger partial charge in [-0.3, -0.25) is 9.59 Å². The Hall–Kier alpha value is -2.67. The maximum atomic E-state index is 13.1. The highest BCUT2D eigenvalue weighted by Gasteiger charge is 2.54. The molecule has 2 saturated carbocycles. The molecule has 0 aliphatic heterocycles. The number of benzene rings is 1. The molecule has 1 aromatic carbocycles. The minimum absolute atomic E-state index is 0.0687. The maximum absolute atomic E-state index is 13.1. The molecule has 0 unspecified atom stereocenters. The molecular formula is C23H25NO5S. The van der Waals surface area contributed by atoms with Crippen molar-refractivity contribution < 1.29 is 24.2 Å². The third-order valence-corrected chi connectivity index (χ3v) is 7.27. The van der Waals surface area contributed by atoms with Crippen molar-refractivity contribution in [1.29, 1.82) is 0 Å². The van der Waals surface area contributed by atoms with Crippen LogP contribution in [-0.2, 0) is 14.3 Å². The standard InChI is InChI=1S/C23H25NO5S/c1-3-29-23(28)19-16(13-6-4-12(2)5-7-13)11-30-21(19)24-20(25)17-14-8-9-15(10-14)18(17)22(26)27/h4-7,11,14-15,17-18H,3,8-10H2,1-2H3,(H,24,25)(H,26,27)/t14-,15+,17+,18+/m1/s1. The van der Waals surface area contributed by atoms with Gasteiger partial charge >= 0.3 is 11.9 Å². The highest BCUT2D eigenvalue weighted by molar-refractivity contribution is 7.15. The van der Waals surface area contributed by atoms with Gasteiger partial charge in [0.2, 0.25) is 5.91 Å². The Balaban J connectivity index is 1.65. The molecule has 0 radical (unpaired) electrons. The van der Waals surface area contributed by atoms with Gasteiger partial charge < -0.3 is 15.2 Å². The molecule has 30 heavy (non-hydrogen) atoms. The Labute approximate surface area is 179 Å². The summed E-state index contributed by atoms with van der Waals surface area (Å²) in [5.41, 5.74) is 3.01.